The molecule has 0 saturated carbocycles. The number of hydrogen-bond acceptors (Lipinski definition) is 6. The molecule has 2 aromatic carbocycles. The third kappa shape index (κ3) is 17.7. The lowest BCUT2D eigenvalue weighted by molar-refractivity contribution is -0.0836. The van der Waals surface area contributed by atoms with Gasteiger partial charge in [-0.25, -0.2) is 0 Å². The van der Waals surface area contributed by atoms with E-state index in [0.29, 0.717) is 39.6 Å². The topological polar surface area (TPSA) is 55.4 Å². The summed E-state index contributed by atoms with van der Waals surface area (Å²) in [4.78, 5) is 0. The molecule has 0 N–H and O–H groups in total. The highest BCUT2D eigenvalue weighted by atomic mass is 28.4. The Bertz CT molecular complexity index is 909. The van der Waals surface area contributed by atoms with Crippen molar-refractivity contribution in [2.24, 2.45) is 0 Å². The van der Waals surface area contributed by atoms with Crippen molar-refractivity contribution in [3.05, 3.63) is 70.8 Å². The maximum Gasteiger partial charge on any atom is 0.173 e. The van der Waals surface area contributed by atoms with E-state index < -0.39 is 34.7 Å². The quantitative estimate of drug-likeness (QED) is 0.0796. The summed E-state index contributed by atoms with van der Waals surface area (Å²) in [5, 5.41) is 0. The van der Waals surface area contributed by atoms with Gasteiger partial charge in [0.1, 0.15) is 6.79 Å². The highest BCUT2D eigenvalue weighted by molar-refractivity contribution is 6.78. The maximum absolute atomic E-state index is 6.30. The smallest absolute Gasteiger partial charge is 0.173 e. The average molecular weight is 637 g/mol. The lowest BCUT2D eigenvalue weighted by atomic mass is 10.1. The first-order valence-corrected chi connectivity index (χ1v) is 27.1. The van der Waals surface area contributed by atoms with Crippen LogP contribution in [0.25, 0.3) is 0 Å². The zero-order valence-corrected chi connectivity index (χ0v) is 31.3. The molecule has 6 nitrogen and oxygen atoms in total. The van der Waals surface area contributed by atoms with Crippen molar-refractivity contribution < 1.29 is 27.2 Å². The number of hydrogen-bond donors (Lipinski definition) is 0. The number of aryl methyl sites for hydroxylation is 2. The molecule has 10 heteroatoms. The van der Waals surface area contributed by atoms with E-state index in [9.17, 15) is 0 Å². The third-order valence-electron chi connectivity index (χ3n) is 6.57. The SMILES string of the molecule is C[SiH](C)O[Si](C)(C)CCc1cccc(COCCOCOCCOCc2cccc(CC[Si](C)(C)O[SiH](C)C)c2)c1. The van der Waals surface area contributed by atoms with E-state index in [0.717, 1.165) is 24.9 Å². The van der Waals surface area contributed by atoms with E-state index in [1.54, 1.807) is 0 Å². The Balaban J connectivity index is 1.51. The van der Waals surface area contributed by atoms with Gasteiger partial charge in [-0.05, 0) is 99.6 Å². The minimum Gasteiger partial charge on any atom is -0.458 e. The van der Waals surface area contributed by atoms with Gasteiger partial charge in [0.25, 0.3) is 0 Å². The summed E-state index contributed by atoms with van der Waals surface area (Å²) >= 11 is 0. The zero-order valence-electron chi connectivity index (χ0n) is 27.0. The first kappa shape index (κ1) is 36.3. The van der Waals surface area contributed by atoms with Crippen LogP contribution < -0.4 is 0 Å². The van der Waals surface area contributed by atoms with Crippen LogP contribution in [0.15, 0.2) is 48.5 Å². The molecule has 232 valence electrons. The summed E-state index contributed by atoms with van der Waals surface area (Å²) < 4.78 is 35.3. The van der Waals surface area contributed by atoms with Crippen LogP contribution >= 0.6 is 0 Å². The van der Waals surface area contributed by atoms with Gasteiger partial charge in [-0.15, -0.1) is 0 Å². The second-order valence-electron chi connectivity index (χ2n) is 12.5. The van der Waals surface area contributed by atoms with E-state index in [1.165, 1.54) is 22.3 Å². The molecular weight excluding hydrogens is 581 g/mol. The third-order valence-corrected chi connectivity index (χ3v) is 18.4. The van der Waals surface area contributed by atoms with E-state index in [1.807, 2.05) is 0 Å². The molecule has 0 aromatic heterocycles. The standard InChI is InChI=1S/C31H56O6Si4/c1-38(2)36-40(5,6)21-15-28-11-9-13-30(23-28)25-32-17-19-34-27-35-20-18-33-26-31-14-10-12-29(24-31)16-22-41(7,8)37-39(3)4/h9-14,23-24,38-39H,15-22,25-27H2,1-8H3. The van der Waals surface area contributed by atoms with Crippen LogP contribution in [0.1, 0.15) is 22.3 Å². The summed E-state index contributed by atoms with van der Waals surface area (Å²) in [6.07, 6.45) is 2.14. The van der Waals surface area contributed by atoms with Gasteiger partial charge < -0.3 is 27.2 Å². The molecular formula is C31H56O6Si4. The van der Waals surface area contributed by atoms with Crippen LogP contribution in [0.4, 0.5) is 0 Å². The second kappa shape index (κ2) is 19.4. The van der Waals surface area contributed by atoms with Crippen molar-refractivity contribution in [3.8, 4) is 0 Å². The lowest BCUT2D eigenvalue weighted by Gasteiger charge is -2.25. The van der Waals surface area contributed by atoms with Crippen molar-refractivity contribution in [3.63, 3.8) is 0 Å². The monoisotopic (exact) mass is 636 g/mol. The van der Waals surface area contributed by atoms with Crippen LogP contribution in [0.5, 0.6) is 0 Å². The van der Waals surface area contributed by atoms with E-state index in [4.69, 9.17) is 27.2 Å². The fourth-order valence-corrected chi connectivity index (χ4v) is 17.8. The lowest BCUT2D eigenvalue weighted by Crippen LogP contribution is -2.35. The molecule has 41 heavy (non-hydrogen) atoms. The normalized spacial score (nSPS) is 12.5. The Labute approximate surface area is 255 Å². The van der Waals surface area contributed by atoms with Crippen molar-refractivity contribution in [1.82, 2.24) is 0 Å². The van der Waals surface area contributed by atoms with Gasteiger partial charge in [-0.1, -0.05) is 48.5 Å². The largest absolute Gasteiger partial charge is 0.458 e. The summed E-state index contributed by atoms with van der Waals surface area (Å²) in [6, 6.07) is 19.7. The van der Waals surface area contributed by atoms with Crippen LogP contribution in [0, 0.1) is 0 Å². The van der Waals surface area contributed by atoms with Gasteiger partial charge in [0.05, 0.1) is 39.6 Å². The van der Waals surface area contributed by atoms with Crippen LogP contribution in [-0.4, -0.2) is 67.9 Å². The van der Waals surface area contributed by atoms with Crippen LogP contribution in [0.3, 0.4) is 0 Å². The molecule has 0 heterocycles. The van der Waals surface area contributed by atoms with Gasteiger partial charge in [-0.2, -0.15) is 0 Å². The molecule has 0 atom stereocenters. The molecule has 0 amide bonds. The van der Waals surface area contributed by atoms with Crippen molar-refractivity contribution in [1.29, 1.82) is 0 Å². The Morgan fingerprint density at radius 3 is 1.29 bits per heavy atom. The number of benzene rings is 2. The first-order valence-electron chi connectivity index (χ1n) is 15.3. The summed E-state index contributed by atoms with van der Waals surface area (Å²) in [6.45, 7) is 21.9. The number of ether oxygens (including phenoxy) is 4. The molecule has 2 aromatic rings. The van der Waals surface area contributed by atoms with Crippen molar-refractivity contribution >= 4 is 34.7 Å². The predicted molar refractivity (Wildman–Crippen MR) is 181 cm³/mol. The molecule has 0 aliphatic rings. The van der Waals surface area contributed by atoms with Gasteiger partial charge in [0.2, 0.25) is 0 Å². The highest BCUT2D eigenvalue weighted by Gasteiger charge is 2.24. The Morgan fingerprint density at radius 2 is 0.902 bits per heavy atom. The Morgan fingerprint density at radius 1 is 0.537 bits per heavy atom. The van der Waals surface area contributed by atoms with Gasteiger partial charge in [0.15, 0.2) is 34.7 Å². The zero-order chi connectivity index (χ0) is 30.1. The molecule has 0 aliphatic heterocycles. The first-order chi connectivity index (χ1) is 19.4. The summed E-state index contributed by atoms with van der Waals surface area (Å²) in [5.41, 5.74) is 5.12. The number of rotatable bonds is 22. The van der Waals surface area contributed by atoms with E-state index >= 15 is 0 Å². The molecule has 0 spiro atoms. The molecule has 2 rings (SSSR count). The molecule has 0 unspecified atom stereocenters. The highest BCUT2D eigenvalue weighted by Crippen LogP contribution is 2.19. The Kier molecular flexibility index (Phi) is 17.1. The van der Waals surface area contributed by atoms with E-state index in [2.05, 4.69) is 101 Å². The Hall–Kier alpha value is -0.932. The fourth-order valence-electron chi connectivity index (χ4n) is 4.83. The van der Waals surface area contributed by atoms with E-state index in [-0.39, 0.29) is 6.79 Å². The van der Waals surface area contributed by atoms with Gasteiger partial charge in [-0.3, -0.25) is 0 Å². The maximum atomic E-state index is 6.30. The molecule has 0 radical (unpaired) electrons. The molecule has 0 bridgehead atoms. The molecule has 0 fully saturated rings. The minimum absolute atomic E-state index is 0.250. The van der Waals surface area contributed by atoms with Gasteiger partial charge >= 0.3 is 0 Å². The minimum atomic E-state index is -1.56. The van der Waals surface area contributed by atoms with Gasteiger partial charge in [0, 0.05) is 0 Å². The summed E-state index contributed by atoms with van der Waals surface area (Å²) in [5.74, 6) is 0. The average Bonchev–Trinajstić information content (AvgIpc) is 2.89. The van der Waals surface area contributed by atoms with Crippen LogP contribution in [0.2, 0.25) is 64.5 Å². The van der Waals surface area contributed by atoms with Crippen LogP contribution in [-0.2, 0) is 53.2 Å². The fraction of sp³-hybridized carbons (Fsp3) is 0.613. The molecule has 0 saturated heterocycles. The second-order valence-corrected chi connectivity index (χ2v) is 26.7. The van der Waals surface area contributed by atoms with Crippen molar-refractivity contribution in [2.45, 2.75) is 90.5 Å². The molecule has 0 aliphatic carbocycles. The summed E-state index contributed by atoms with van der Waals surface area (Å²) in [7, 11) is -5.07. The predicted octanol–water partition coefficient (Wildman–Crippen LogP) is 6.91. The van der Waals surface area contributed by atoms with Crippen molar-refractivity contribution in [2.75, 3.05) is 33.2 Å².